The standard InChI is InChI=1S/C25H28N6O/c32-25(29-21-7-8-23-20(18-21)17-19-5-1-2-6-22(19)23)28-11-4-12-30-13-15-31(16-14-30)24-26-9-3-10-27-24/h1-3,5-10,18H,4,11-17H2,(H2,28,29,32). The summed E-state index contributed by atoms with van der Waals surface area (Å²) in [4.78, 5) is 25.6. The van der Waals surface area contributed by atoms with Gasteiger partial charge in [-0.15, -0.1) is 0 Å². The predicted molar refractivity (Wildman–Crippen MR) is 127 cm³/mol. The Bertz CT molecular complexity index is 1080. The van der Waals surface area contributed by atoms with Gasteiger partial charge in [-0.3, -0.25) is 4.90 Å². The number of hydrogen-bond donors (Lipinski definition) is 2. The molecule has 7 nitrogen and oxygen atoms in total. The first-order chi connectivity index (χ1) is 15.8. The molecule has 2 heterocycles. The molecule has 2 aromatic carbocycles. The van der Waals surface area contributed by atoms with E-state index in [9.17, 15) is 4.79 Å². The molecule has 3 aromatic rings. The van der Waals surface area contributed by atoms with Crippen LogP contribution in [0.1, 0.15) is 17.5 Å². The summed E-state index contributed by atoms with van der Waals surface area (Å²) in [6, 6.07) is 16.4. The van der Waals surface area contributed by atoms with Crippen LogP contribution >= 0.6 is 0 Å². The number of hydrogen-bond acceptors (Lipinski definition) is 5. The van der Waals surface area contributed by atoms with E-state index in [1.807, 2.05) is 12.1 Å². The van der Waals surface area contributed by atoms with Crippen molar-refractivity contribution in [2.45, 2.75) is 12.8 Å². The quantitative estimate of drug-likeness (QED) is 0.461. The summed E-state index contributed by atoms with van der Waals surface area (Å²) >= 11 is 0. The third-order valence-electron chi connectivity index (χ3n) is 6.20. The van der Waals surface area contributed by atoms with Crippen molar-refractivity contribution in [3.05, 3.63) is 72.1 Å². The SMILES string of the molecule is O=C(NCCCN1CCN(c2ncccn2)CC1)Nc1ccc2c(c1)Cc1ccccc1-2. The van der Waals surface area contributed by atoms with E-state index < -0.39 is 0 Å². The van der Waals surface area contributed by atoms with Gasteiger partial charge in [-0.2, -0.15) is 0 Å². The van der Waals surface area contributed by atoms with E-state index in [4.69, 9.17) is 0 Å². The molecule has 0 unspecified atom stereocenters. The Kier molecular flexibility index (Phi) is 5.98. The van der Waals surface area contributed by atoms with Crippen molar-refractivity contribution < 1.29 is 4.79 Å². The number of carbonyl (C=O) groups excluding carboxylic acids is 1. The number of amides is 2. The van der Waals surface area contributed by atoms with Crippen LogP contribution in [-0.2, 0) is 6.42 Å². The molecule has 1 saturated heterocycles. The molecule has 2 aliphatic rings. The van der Waals surface area contributed by atoms with Gasteiger partial charge in [0.05, 0.1) is 0 Å². The number of piperazine rings is 1. The van der Waals surface area contributed by atoms with Crippen LogP contribution in [0.5, 0.6) is 0 Å². The highest BCUT2D eigenvalue weighted by atomic mass is 16.2. The molecule has 1 aliphatic carbocycles. The maximum Gasteiger partial charge on any atom is 0.319 e. The third kappa shape index (κ3) is 4.57. The van der Waals surface area contributed by atoms with Gasteiger partial charge in [-0.1, -0.05) is 30.3 Å². The predicted octanol–water partition coefficient (Wildman–Crippen LogP) is 3.38. The summed E-state index contributed by atoms with van der Waals surface area (Å²) in [5, 5.41) is 5.96. The molecule has 2 amide bonds. The molecule has 2 N–H and O–H groups in total. The Morgan fingerprint density at radius 1 is 0.906 bits per heavy atom. The molecule has 1 aromatic heterocycles. The van der Waals surface area contributed by atoms with Gasteiger partial charge >= 0.3 is 6.03 Å². The van der Waals surface area contributed by atoms with Crippen LogP contribution < -0.4 is 15.5 Å². The van der Waals surface area contributed by atoms with E-state index in [-0.39, 0.29) is 6.03 Å². The van der Waals surface area contributed by atoms with Gasteiger partial charge in [0.1, 0.15) is 0 Å². The first-order valence-corrected chi connectivity index (χ1v) is 11.3. The molecule has 0 spiro atoms. The monoisotopic (exact) mass is 428 g/mol. The minimum atomic E-state index is -0.147. The van der Waals surface area contributed by atoms with Crippen LogP contribution in [0.2, 0.25) is 0 Å². The minimum absolute atomic E-state index is 0.147. The third-order valence-corrected chi connectivity index (χ3v) is 6.20. The van der Waals surface area contributed by atoms with Gasteiger partial charge in [-0.25, -0.2) is 14.8 Å². The molecule has 32 heavy (non-hydrogen) atoms. The summed E-state index contributed by atoms with van der Waals surface area (Å²) < 4.78 is 0. The van der Waals surface area contributed by atoms with Crippen molar-refractivity contribution in [3.63, 3.8) is 0 Å². The second-order valence-electron chi connectivity index (χ2n) is 8.32. The lowest BCUT2D eigenvalue weighted by Gasteiger charge is -2.34. The fourth-order valence-corrected chi connectivity index (χ4v) is 4.53. The summed E-state index contributed by atoms with van der Waals surface area (Å²) in [7, 11) is 0. The van der Waals surface area contributed by atoms with E-state index in [2.05, 4.69) is 66.8 Å². The number of nitrogens with zero attached hydrogens (tertiary/aromatic N) is 4. The molecule has 0 atom stereocenters. The van der Waals surface area contributed by atoms with Crippen LogP contribution in [0.3, 0.4) is 0 Å². The van der Waals surface area contributed by atoms with Crippen molar-refractivity contribution in [1.82, 2.24) is 20.2 Å². The van der Waals surface area contributed by atoms with Crippen LogP contribution in [-0.4, -0.2) is 60.2 Å². The van der Waals surface area contributed by atoms with Gasteiger partial charge in [-0.05, 0) is 59.8 Å². The molecule has 164 valence electrons. The number of anilines is 2. The number of benzene rings is 2. The van der Waals surface area contributed by atoms with Gasteiger partial charge in [0.15, 0.2) is 0 Å². The molecule has 5 rings (SSSR count). The number of aromatic nitrogens is 2. The van der Waals surface area contributed by atoms with E-state index >= 15 is 0 Å². The highest BCUT2D eigenvalue weighted by Crippen LogP contribution is 2.37. The zero-order chi connectivity index (χ0) is 21.8. The summed E-state index contributed by atoms with van der Waals surface area (Å²) in [6.45, 7) is 5.47. The topological polar surface area (TPSA) is 73.4 Å². The highest BCUT2D eigenvalue weighted by Gasteiger charge is 2.19. The van der Waals surface area contributed by atoms with Crippen molar-refractivity contribution in [1.29, 1.82) is 0 Å². The zero-order valence-electron chi connectivity index (χ0n) is 18.1. The fraction of sp³-hybridized carbons (Fsp3) is 0.320. The van der Waals surface area contributed by atoms with Gasteiger partial charge in [0.2, 0.25) is 5.95 Å². The fourth-order valence-electron chi connectivity index (χ4n) is 4.53. The Hall–Kier alpha value is -3.45. The van der Waals surface area contributed by atoms with Crippen LogP contribution in [0.15, 0.2) is 60.9 Å². The van der Waals surface area contributed by atoms with Crippen molar-refractivity contribution in [2.75, 3.05) is 49.5 Å². The number of carbonyl (C=O) groups is 1. The van der Waals surface area contributed by atoms with Crippen molar-refractivity contribution >= 4 is 17.7 Å². The lowest BCUT2D eigenvalue weighted by molar-refractivity contribution is 0.244. The second-order valence-corrected chi connectivity index (χ2v) is 8.32. The Morgan fingerprint density at radius 2 is 1.69 bits per heavy atom. The smallest absolute Gasteiger partial charge is 0.319 e. The molecular formula is C25H28N6O. The van der Waals surface area contributed by atoms with Crippen LogP contribution in [0.4, 0.5) is 16.4 Å². The van der Waals surface area contributed by atoms with E-state index in [0.29, 0.717) is 6.54 Å². The molecule has 7 heteroatoms. The Morgan fingerprint density at radius 3 is 2.53 bits per heavy atom. The Labute approximate surface area is 188 Å². The molecule has 0 saturated carbocycles. The van der Waals surface area contributed by atoms with Crippen LogP contribution in [0, 0.1) is 0 Å². The maximum absolute atomic E-state index is 12.3. The van der Waals surface area contributed by atoms with Crippen molar-refractivity contribution in [2.24, 2.45) is 0 Å². The van der Waals surface area contributed by atoms with E-state index in [0.717, 1.165) is 57.2 Å². The zero-order valence-corrected chi connectivity index (χ0v) is 18.1. The highest BCUT2D eigenvalue weighted by molar-refractivity contribution is 5.90. The lowest BCUT2D eigenvalue weighted by atomic mass is 10.1. The van der Waals surface area contributed by atoms with Gasteiger partial charge in [0, 0.05) is 50.8 Å². The van der Waals surface area contributed by atoms with Crippen LogP contribution in [0.25, 0.3) is 11.1 Å². The average Bonchev–Trinajstić information content (AvgIpc) is 3.20. The lowest BCUT2D eigenvalue weighted by Crippen LogP contribution is -2.47. The van der Waals surface area contributed by atoms with Gasteiger partial charge in [0.25, 0.3) is 0 Å². The van der Waals surface area contributed by atoms with E-state index in [1.54, 1.807) is 12.4 Å². The van der Waals surface area contributed by atoms with Crippen molar-refractivity contribution in [3.8, 4) is 11.1 Å². The molecule has 0 bridgehead atoms. The number of fused-ring (bicyclic) bond motifs is 3. The number of rotatable bonds is 6. The first kappa shape index (κ1) is 20.5. The molecule has 1 fully saturated rings. The molecular weight excluding hydrogens is 400 g/mol. The number of urea groups is 1. The molecule has 1 aliphatic heterocycles. The molecule has 0 radical (unpaired) electrons. The largest absolute Gasteiger partial charge is 0.338 e. The number of nitrogens with one attached hydrogen (secondary N) is 2. The Balaban J connectivity index is 1.03. The summed E-state index contributed by atoms with van der Waals surface area (Å²) in [6.07, 6.45) is 5.42. The minimum Gasteiger partial charge on any atom is -0.338 e. The van der Waals surface area contributed by atoms with E-state index in [1.165, 1.54) is 22.3 Å². The second kappa shape index (κ2) is 9.36. The first-order valence-electron chi connectivity index (χ1n) is 11.3. The average molecular weight is 429 g/mol. The van der Waals surface area contributed by atoms with Gasteiger partial charge < -0.3 is 15.5 Å². The summed E-state index contributed by atoms with van der Waals surface area (Å²) in [5.74, 6) is 0.806. The summed E-state index contributed by atoms with van der Waals surface area (Å²) in [5.41, 5.74) is 6.03. The normalized spacial score (nSPS) is 15.2. The maximum atomic E-state index is 12.3.